The molecule has 1 aliphatic heterocycles. The molecule has 1 saturated heterocycles. The maximum absolute atomic E-state index is 12.7. The fourth-order valence-corrected chi connectivity index (χ4v) is 3.64. The first-order valence-corrected chi connectivity index (χ1v) is 9.10. The minimum atomic E-state index is 0.305. The van der Waals surface area contributed by atoms with Gasteiger partial charge < -0.3 is 4.90 Å². The predicted molar refractivity (Wildman–Crippen MR) is 99.1 cm³/mol. The summed E-state index contributed by atoms with van der Waals surface area (Å²) in [5.41, 5.74) is 3.90. The summed E-state index contributed by atoms with van der Waals surface area (Å²) in [5.74, 6) is 0.788. The molecule has 1 amide bonds. The zero-order valence-electron chi connectivity index (χ0n) is 14.6. The Morgan fingerprint density at radius 1 is 1.08 bits per heavy atom. The van der Waals surface area contributed by atoms with Gasteiger partial charge in [-0.3, -0.25) is 4.79 Å². The van der Waals surface area contributed by atoms with Crippen molar-refractivity contribution >= 4 is 5.91 Å². The Bertz CT molecular complexity index is 665. The van der Waals surface area contributed by atoms with Gasteiger partial charge in [0.05, 0.1) is 0 Å². The lowest BCUT2D eigenvalue weighted by atomic mass is 9.94. The highest BCUT2D eigenvalue weighted by molar-refractivity contribution is 5.76. The number of benzene rings is 2. The normalized spacial score (nSPS) is 18.2. The molecule has 2 aromatic rings. The molecule has 0 saturated carbocycles. The predicted octanol–water partition coefficient (Wildman–Crippen LogP) is 4.72. The van der Waals surface area contributed by atoms with Gasteiger partial charge in [-0.25, -0.2) is 0 Å². The highest BCUT2D eigenvalue weighted by Crippen LogP contribution is 2.26. The van der Waals surface area contributed by atoms with Crippen LogP contribution in [0.3, 0.4) is 0 Å². The summed E-state index contributed by atoms with van der Waals surface area (Å²) in [6, 6.07) is 19.1. The van der Waals surface area contributed by atoms with E-state index in [0.29, 0.717) is 18.2 Å². The Morgan fingerprint density at radius 2 is 1.92 bits per heavy atom. The molecule has 0 spiro atoms. The Balaban J connectivity index is 1.61. The van der Waals surface area contributed by atoms with E-state index in [0.717, 1.165) is 25.9 Å². The maximum Gasteiger partial charge on any atom is 0.222 e. The lowest BCUT2D eigenvalue weighted by Gasteiger charge is -2.25. The standard InChI is InChI=1S/C22H27NO/c1-18-8-7-9-19(16-18)13-14-22(24)23-15-6-5-12-21(17-23)20-10-3-2-4-11-20/h2-4,7-11,16,21H,5-6,12-15,17H2,1H3. The van der Waals surface area contributed by atoms with Crippen molar-refractivity contribution in [2.45, 2.75) is 44.9 Å². The van der Waals surface area contributed by atoms with Gasteiger partial charge in [0.25, 0.3) is 0 Å². The largest absolute Gasteiger partial charge is 0.342 e. The topological polar surface area (TPSA) is 20.3 Å². The maximum atomic E-state index is 12.7. The summed E-state index contributed by atoms with van der Waals surface area (Å²) in [6.45, 7) is 3.89. The Morgan fingerprint density at radius 3 is 2.71 bits per heavy atom. The highest BCUT2D eigenvalue weighted by Gasteiger charge is 2.22. The monoisotopic (exact) mass is 321 g/mol. The van der Waals surface area contributed by atoms with Gasteiger partial charge in [-0.15, -0.1) is 0 Å². The quantitative estimate of drug-likeness (QED) is 0.797. The molecule has 2 nitrogen and oxygen atoms in total. The zero-order valence-corrected chi connectivity index (χ0v) is 14.6. The van der Waals surface area contributed by atoms with E-state index < -0.39 is 0 Å². The lowest BCUT2D eigenvalue weighted by molar-refractivity contribution is -0.131. The second-order valence-electron chi connectivity index (χ2n) is 6.93. The van der Waals surface area contributed by atoms with Gasteiger partial charge in [-0.1, -0.05) is 66.6 Å². The molecule has 0 radical (unpaired) electrons. The molecule has 3 rings (SSSR count). The van der Waals surface area contributed by atoms with Gasteiger partial charge in [0, 0.05) is 25.4 Å². The third kappa shape index (κ3) is 4.47. The van der Waals surface area contributed by atoms with Crippen LogP contribution in [0.15, 0.2) is 54.6 Å². The Labute approximate surface area is 145 Å². The van der Waals surface area contributed by atoms with E-state index in [1.807, 2.05) is 0 Å². The summed E-state index contributed by atoms with van der Waals surface area (Å²) in [6.07, 6.45) is 4.98. The van der Waals surface area contributed by atoms with Gasteiger partial charge in [0.15, 0.2) is 0 Å². The molecule has 126 valence electrons. The number of carbonyl (C=O) groups excluding carboxylic acids is 1. The van der Waals surface area contributed by atoms with Crippen molar-refractivity contribution in [3.05, 3.63) is 71.3 Å². The average Bonchev–Trinajstić information content (AvgIpc) is 2.87. The smallest absolute Gasteiger partial charge is 0.222 e. The number of hydrogen-bond acceptors (Lipinski definition) is 1. The molecule has 0 N–H and O–H groups in total. The van der Waals surface area contributed by atoms with Crippen molar-refractivity contribution < 1.29 is 4.79 Å². The van der Waals surface area contributed by atoms with Crippen LogP contribution in [0.25, 0.3) is 0 Å². The lowest BCUT2D eigenvalue weighted by Crippen LogP contribution is -2.34. The number of amides is 1. The molecule has 1 heterocycles. The first-order chi connectivity index (χ1) is 11.7. The Kier molecular flexibility index (Phi) is 5.68. The Hall–Kier alpha value is -2.09. The molecule has 1 aliphatic rings. The molecule has 0 aromatic heterocycles. The molecule has 0 aliphatic carbocycles. The number of hydrogen-bond donors (Lipinski definition) is 0. The molecule has 1 atom stereocenters. The van der Waals surface area contributed by atoms with Crippen LogP contribution >= 0.6 is 0 Å². The van der Waals surface area contributed by atoms with E-state index in [-0.39, 0.29) is 0 Å². The van der Waals surface area contributed by atoms with Gasteiger partial charge >= 0.3 is 0 Å². The van der Waals surface area contributed by atoms with Crippen LogP contribution in [0.2, 0.25) is 0 Å². The van der Waals surface area contributed by atoms with Crippen LogP contribution in [0, 0.1) is 6.92 Å². The fourth-order valence-electron chi connectivity index (χ4n) is 3.64. The van der Waals surface area contributed by atoms with Gasteiger partial charge in [0.2, 0.25) is 5.91 Å². The SMILES string of the molecule is Cc1cccc(CCC(=O)N2CCCCC(c3ccccc3)C2)c1. The van der Waals surface area contributed by atoms with E-state index in [9.17, 15) is 4.79 Å². The van der Waals surface area contributed by atoms with Crippen LogP contribution in [-0.2, 0) is 11.2 Å². The average molecular weight is 321 g/mol. The van der Waals surface area contributed by atoms with Gasteiger partial charge in [-0.05, 0) is 37.3 Å². The zero-order chi connectivity index (χ0) is 16.8. The second kappa shape index (κ2) is 8.14. The van der Waals surface area contributed by atoms with Crippen molar-refractivity contribution in [1.29, 1.82) is 0 Å². The summed E-state index contributed by atoms with van der Waals surface area (Å²) in [7, 11) is 0. The van der Waals surface area contributed by atoms with Gasteiger partial charge in [-0.2, -0.15) is 0 Å². The van der Waals surface area contributed by atoms with Crippen molar-refractivity contribution in [3.63, 3.8) is 0 Å². The molecule has 1 fully saturated rings. The number of nitrogens with zero attached hydrogens (tertiary/aromatic N) is 1. The van der Waals surface area contributed by atoms with Crippen LogP contribution in [0.5, 0.6) is 0 Å². The van der Waals surface area contributed by atoms with E-state index >= 15 is 0 Å². The highest BCUT2D eigenvalue weighted by atomic mass is 16.2. The number of aryl methyl sites for hydroxylation is 2. The minimum Gasteiger partial charge on any atom is -0.342 e. The summed E-state index contributed by atoms with van der Waals surface area (Å²) in [4.78, 5) is 14.8. The minimum absolute atomic E-state index is 0.305. The van der Waals surface area contributed by atoms with Crippen LogP contribution < -0.4 is 0 Å². The molecule has 1 unspecified atom stereocenters. The van der Waals surface area contributed by atoms with Crippen LogP contribution in [0.4, 0.5) is 0 Å². The summed E-state index contributed by atoms with van der Waals surface area (Å²) >= 11 is 0. The third-order valence-electron chi connectivity index (χ3n) is 5.01. The summed E-state index contributed by atoms with van der Waals surface area (Å²) < 4.78 is 0. The fraction of sp³-hybridized carbons (Fsp3) is 0.409. The van der Waals surface area contributed by atoms with Crippen molar-refractivity contribution in [3.8, 4) is 0 Å². The van der Waals surface area contributed by atoms with Crippen LogP contribution in [-0.4, -0.2) is 23.9 Å². The second-order valence-corrected chi connectivity index (χ2v) is 6.93. The molecular formula is C22H27NO. The first-order valence-electron chi connectivity index (χ1n) is 9.10. The van der Waals surface area contributed by atoms with E-state index in [1.54, 1.807) is 0 Å². The first kappa shape index (κ1) is 16.8. The summed E-state index contributed by atoms with van der Waals surface area (Å²) in [5, 5.41) is 0. The van der Waals surface area contributed by atoms with E-state index in [4.69, 9.17) is 0 Å². The number of rotatable bonds is 4. The van der Waals surface area contributed by atoms with Crippen molar-refractivity contribution in [2.75, 3.05) is 13.1 Å². The molecule has 24 heavy (non-hydrogen) atoms. The van der Waals surface area contributed by atoms with E-state index in [2.05, 4.69) is 66.4 Å². The molecule has 2 heteroatoms. The van der Waals surface area contributed by atoms with Crippen molar-refractivity contribution in [1.82, 2.24) is 4.90 Å². The molecule has 2 aromatic carbocycles. The molecule has 0 bridgehead atoms. The molecular weight excluding hydrogens is 294 g/mol. The van der Waals surface area contributed by atoms with Crippen molar-refractivity contribution in [2.24, 2.45) is 0 Å². The van der Waals surface area contributed by atoms with Crippen LogP contribution in [0.1, 0.15) is 48.3 Å². The van der Waals surface area contributed by atoms with E-state index in [1.165, 1.54) is 29.5 Å². The number of carbonyl (C=O) groups is 1. The number of likely N-dealkylation sites (tertiary alicyclic amines) is 1. The third-order valence-corrected chi connectivity index (χ3v) is 5.01. The van der Waals surface area contributed by atoms with Gasteiger partial charge in [0.1, 0.15) is 0 Å².